The Hall–Kier alpha value is -1.55. The van der Waals surface area contributed by atoms with Gasteiger partial charge in [-0.2, -0.15) is 5.10 Å². The average molecular weight is 260 g/mol. The van der Waals surface area contributed by atoms with Crippen LogP contribution in [0.15, 0.2) is 41.4 Å². The zero-order valence-corrected chi connectivity index (χ0v) is 11.4. The van der Waals surface area contributed by atoms with Crippen LogP contribution in [-0.2, 0) is 5.75 Å². The molecule has 0 bridgehead atoms. The van der Waals surface area contributed by atoms with E-state index in [4.69, 9.17) is 0 Å². The van der Waals surface area contributed by atoms with E-state index in [0.717, 1.165) is 22.6 Å². The van der Waals surface area contributed by atoms with Crippen LogP contribution < -0.4 is 0 Å². The van der Waals surface area contributed by atoms with Gasteiger partial charge in [-0.05, 0) is 32.0 Å². The highest BCUT2D eigenvalue weighted by molar-refractivity contribution is 7.98. The Kier molecular flexibility index (Phi) is 4.20. The fourth-order valence-corrected chi connectivity index (χ4v) is 2.44. The van der Waals surface area contributed by atoms with Crippen LogP contribution in [0, 0.1) is 0 Å². The molecule has 0 atom stereocenters. The average Bonchev–Trinajstić information content (AvgIpc) is 2.85. The first-order chi connectivity index (χ1) is 8.69. The number of nitrogens with zero attached hydrogens (tertiary/aromatic N) is 2. The number of benzene rings is 1. The predicted octanol–water partition coefficient (Wildman–Crippen LogP) is 3.57. The lowest BCUT2D eigenvalue weighted by Crippen LogP contribution is -2.01. The van der Waals surface area contributed by atoms with Gasteiger partial charge in [-0.3, -0.25) is 9.48 Å². The van der Waals surface area contributed by atoms with Crippen molar-refractivity contribution >= 4 is 18.0 Å². The van der Waals surface area contributed by atoms with Gasteiger partial charge in [-0.25, -0.2) is 0 Å². The maximum Gasteiger partial charge on any atom is 0.150 e. The Morgan fingerprint density at radius 2 is 2.22 bits per heavy atom. The number of hydrogen-bond acceptors (Lipinski definition) is 3. The highest BCUT2D eigenvalue weighted by Gasteiger charge is 2.03. The second-order valence-electron chi connectivity index (χ2n) is 4.36. The van der Waals surface area contributed by atoms with Crippen molar-refractivity contribution in [3.8, 4) is 0 Å². The van der Waals surface area contributed by atoms with Gasteiger partial charge in [0.25, 0.3) is 0 Å². The summed E-state index contributed by atoms with van der Waals surface area (Å²) in [5.41, 5.74) is 1.78. The molecule has 1 heterocycles. The molecule has 0 aliphatic carbocycles. The van der Waals surface area contributed by atoms with Crippen molar-refractivity contribution in [1.82, 2.24) is 9.78 Å². The molecule has 1 aromatic heterocycles. The number of carbonyl (C=O) groups excluding carboxylic acids is 1. The molecule has 0 saturated heterocycles. The van der Waals surface area contributed by atoms with Crippen molar-refractivity contribution in [2.24, 2.45) is 0 Å². The normalized spacial score (nSPS) is 10.8. The van der Waals surface area contributed by atoms with Gasteiger partial charge in [-0.1, -0.05) is 12.1 Å². The third kappa shape index (κ3) is 3.23. The summed E-state index contributed by atoms with van der Waals surface area (Å²) in [4.78, 5) is 11.8. The maximum absolute atomic E-state index is 10.7. The lowest BCUT2D eigenvalue weighted by Gasteiger charge is -2.04. The van der Waals surface area contributed by atoms with Gasteiger partial charge in [0.05, 0.1) is 5.69 Å². The molecule has 4 heteroatoms. The Morgan fingerprint density at radius 1 is 1.39 bits per heavy atom. The van der Waals surface area contributed by atoms with E-state index in [0.29, 0.717) is 11.6 Å². The molecular formula is C14H16N2OS. The van der Waals surface area contributed by atoms with E-state index in [1.807, 2.05) is 41.2 Å². The number of aromatic nitrogens is 2. The minimum absolute atomic E-state index is 0.391. The van der Waals surface area contributed by atoms with Crippen molar-refractivity contribution in [2.45, 2.75) is 30.5 Å². The molecule has 0 aliphatic rings. The monoisotopic (exact) mass is 260 g/mol. The fourth-order valence-electron chi connectivity index (χ4n) is 1.58. The zero-order chi connectivity index (χ0) is 13.0. The number of hydrogen-bond donors (Lipinski definition) is 0. The van der Waals surface area contributed by atoms with Crippen LogP contribution in [0.5, 0.6) is 0 Å². The van der Waals surface area contributed by atoms with Crippen molar-refractivity contribution in [3.05, 3.63) is 47.8 Å². The molecule has 0 spiro atoms. The summed E-state index contributed by atoms with van der Waals surface area (Å²) in [6.45, 7) is 4.22. The summed E-state index contributed by atoms with van der Waals surface area (Å²) >= 11 is 1.69. The number of thioether (sulfide) groups is 1. The minimum Gasteiger partial charge on any atom is -0.298 e. The number of aldehydes is 1. The molecule has 0 radical (unpaired) electrons. The van der Waals surface area contributed by atoms with Gasteiger partial charge >= 0.3 is 0 Å². The molecule has 18 heavy (non-hydrogen) atoms. The summed E-state index contributed by atoms with van der Waals surface area (Å²) in [5.74, 6) is 0.821. The fraction of sp³-hybridized carbons (Fsp3) is 0.286. The van der Waals surface area contributed by atoms with Crippen LogP contribution in [0.4, 0.5) is 0 Å². The second kappa shape index (κ2) is 5.87. The molecule has 0 amide bonds. The lowest BCUT2D eigenvalue weighted by molar-refractivity contribution is 0.112. The predicted molar refractivity (Wildman–Crippen MR) is 74.0 cm³/mol. The van der Waals surface area contributed by atoms with Crippen molar-refractivity contribution in [3.63, 3.8) is 0 Å². The molecule has 3 nitrogen and oxygen atoms in total. The summed E-state index contributed by atoms with van der Waals surface area (Å²) in [6, 6.07) is 10.1. The molecule has 94 valence electrons. The summed E-state index contributed by atoms with van der Waals surface area (Å²) < 4.78 is 1.96. The van der Waals surface area contributed by atoms with Gasteiger partial charge in [0.2, 0.25) is 0 Å². The highest BCUT2D eigenvalue weighted by Crippen LogP contribution is 2.22. The molecule has 0 N–H and O–H groups in total. The maximum atomic E-state index is 10.7. The van der Waals surface area contributed by atoms with Crippen LogP contribution in [-0.4, -0.2) is 16.1 Å². The van der Waals surface area contributed by atoms with Crippen LogP contribution in [0.2, 0.25) is 0 Å². The third-order valence-electron chi connectivity index (χ3n) is 2.57. The third-order valence-corrected chi connectivity index (χ3v) is 3.60. The Balaban J connectivity index is 1.99. The van der Waals surface area contributed by atoms with E-state index in [1.165, 1.54) is 0 Å². The first-order valence-corrected chi connectivity index (χ1v) is 6.89. The highest BCUT2D eigenvalue weighted by atomic mass is 32.2. The van der Waals surface area contributed by atoms with E-state index >= 15 is 0 Å². The number of rotatable bonds is 5. The van der Waals surface area contributed by atoms with Crippen LogP contribution >= 0.6 is 11.8 Å². The van der Waals surface area contributed by atoms with Crippen molar-refractivity contribution < 1.29 is 4.79 Å². The van der Waals surface area contributed by atoms with Gasteiger partial charge < -0.3 is 0 Å². The smallest absolute Gasteiger partial charge is 0.150 e. The quantitative estimate of drug-likeness (QED) is 0.609. The summed E-state index contributed by atoms with van der Waals surface area (Å²) in [6.07, 6.45) is 2.87. The van der Waals surface area contributed by atoms with Crippen LogP contribution in [0.1, 0.15) is 35.9 Å². The minimum atomic E-state index is 0.391. The lowest BCUT2D eigenvalue weighted by atomic mass is 10.2. The summed E-state index contributed by atoms with van der Waals surface area (Å²) in [5, 5.41) is 4.49. The van der Waals surface area contributed by atoms with Gasteiger partial charge in [0.1, 0.15) is 6.29 Å². The van der Waals surface area contributed by atoms with Crippen molar-refractivity contribution in [2.75, 3.05) is 0 Å². The van der Waals surface area contributed by atoms with Gasteiger partial charge in [0, 0.05) is 28.5 Å². The molecule has 0 unspecified atom stereocenters. The SMILES string of the molecule is CC(C)n1ccc(CSc2cccc(C=O)c2)n1. The molecular weight excluding hydrogens is 244 g/mol. The Labute approximate surface area is 111 Å². The van der Waals surface area contributed by atoms with E-state index in [9.17, 15) is 4.79 Å². The zero-order valence-electron chi connectivity index (χ0n) is 10.5. The van der Waals surface area contributed by atoms with E-state index < -0.39 is 0 Å². The first kappa shape index (κ1) is 12.9. The largest absolute Gasteiger partial charge is 0.298 e. The topological polar surface area (TPSA) is 34.9 Å². The van der Waals surface area contributed by atoms with Crippen LogP contribution in [0.3, 0.4) is 0 Å². The number of carbonyl (C=O) groups is 1. The van der Waals surface area contributed by atoms with Gasteiger partial charge in [-0.15, -0.1) is 11.8 Å². The van der Waals surface area contributed by atoms with E-state index in [2.05, 4.69) is 18.9 Å². The molecule has 0 fully saturated rings. The molecule has 0 aliphatic heterocycles. The van der Waals surface area contributed by atoms with E-state index in [1.54, 1.807) is 11.8 Å². The summed E-state index contributed by atoms with van der Waals surface area (Å²) in [7, 11) is 0. The Morgan fingerprint density at radius 3 is 2.89 bits per heavy atom. The van der Waals surface area contributed by atoms with E-state index in [-0.39, 0.29) is 0 Å². The molecule has 1 aromatic carbocycles. The van der Waals surface area contributed by atoms with Crippen molar-refractivity contribution in [1.29, 1.82) is 0 Å². The standard InChI is InChI=1S/C14H16N2OS/c1-11(2)16-7-6-13(15-16)10-18-14-5-3-4-12(8-14)9-17/h3-9,11H,10H2,1-2H3. The first-order valence-electron chi connectivity index (χ1n) is 5.91. The van der Waals surface area contributed by atoms with Crippen LogP contribution in [0.25, 0.3) is 0 Å². The molecule has 0 saturated carbocycles. The molecule has 2 rings (SSSR count). The van der Waals surface area contributed by atoms with Gasteiger partial charge in [0.15, 0.2) is 0 Å². The molecule has 2 aromatic rings. The Bertz CT molecular complexity index is 534. The second-order valence-corrected chi connectivity index (χ2v) is 5.41.